The Morgan fingerprint density at radius 2 is 2.00 bits per heavy atom. The topological polar surface area (TPSA) is 80.5 Å². The van der Waals surface area contributed by atoms with Crippen LogP contribution in [0.15, 0.2) is 18.2 Å². The van der Waals surface area contributed by atoms with Gasteiger partial charge in [0.15, 0.2) is 9.84 Å². The summed E-state index contributed by atoms with van der Waals surface area (Å²) >= 11 is 5.99. The van der Waals surface area contributed by atoms with Gasteiger partial charge in [-0.1, -0.05) is 17.7 Å². The largest absolute Gasteiger partial charge is 0.398 e. The molecule has 1 aliphatic rings. The first kappa shape index (κ1) is 14.1. The van der Waals surface area contributed by atoms with Gasteiger partial charge < -0.3 is 10.6 Å². The normalized spacial score (nSPS) is 18.9. The van der Waals surface area contributed by atoms with Gasteiger partial charge in [-0.05, 0) is 18.6 Å². The van der Waals surface area contributed by atoms with Crippen molar-refractivity contribution in [2.75, 3.05) is 30.3 Å². The van der Waals surface area contributed by atoms with E-state index in [2.05, 4.69) is 0 Å². The van der Waals surface area contributed by atoms with Crippen molar-refractivity contribution in [2.24, 2.45) is 0 Å². The second-order valence-corrected chi connectivity index (χ2v) is 7.21. The van der Waals surface area contributed by atoms with Crippen molar-refractivity contribution < 1.29 is 13.2 Å². The lowest BCUT2D eigenvalue weighted by atomic mass is 10.1. The number of halogens is 1. The highest BCUT2D eigenvalue weighted by Gasteiger charge is 2.25. The third-order valence-electron chi connectivity index (χ3n) is 3.10. The fourth-order valence-corrected chi connectivity index (χ4v) is 3.60. The van der Waals surface area contributed by atoms with Crippen molar-refractivity contribution in [3.8, 4) is 0 Å². The Bertz CT molecular complexity index is 581. The maximum absolute atomic E-state index is 12.4. The number of carbonyl (C=O) groups is 1. The van der Waals surface area contributed by atoms with Gasteiger partial charge in [-0.3, -0.25) is 4.79 Å². The number of anilines is 1. The summed E-state index contributed by atoms with van der Waals surface area (Å²) in [7, 11) is -3.05. The van der Waals surface area contributed by atoms with E-state index in [0.717, 1.165) is 0 Å². The molecule has 0 radical (unpaired) electrons. The van der Waals surface area contributed by atoms with Crippen LogP contribution in [-0.4, -0.2) is 43.8 Å². The zero-order valence-corrected chi connectivity index (χ0v) is 11.9. The van der Waals surface area contributed by atoms with Crippen LogP contribution in [0.4, 0.5) is 5.69 Å². The fraction of sp³-hybridized carbons (Fsp3) is 0.417. The molecule has 1 saturated heterocycles. The number of nitrogen functional groups attached to an aromatic ring is 1. The molecule has 1 aromatic rings. The average molecular weight is 303 g/mol. The quantitative estimate of drug-likeness (QED) is 0.790. The van der Waals surface area contributed by atoms with Gasteiger partial charge in [0.1, 0.15) is 0 Å². The monoisotopic (exact) mass is 302 g/mol. The Morgan fingerprint density at radius 1 is 1.26 bits per heavy atom. The van der Waals surface area contributed by atoms with Gasteiger partial charge in [0.2, 0.25) is 0 Å². The lowest BCUT2D eigenvalue weighted by Crippen LogP contribution is -2.34. The molecule has 2 rings (SSSR count). The first-order valence-corrected chi connectivity index (χ1v) is 8.14. The van der Waals surface area contributed by atoms with Crippen molar-refractivity contribution in [1.29, 1.82) is 0 Å². The van der Waals surface area contributed by atoms with E-state index in [1.165, 1.54) is 4.90 Å². The van der Waals surface area contributed by atoms with E-state index < -0.39 is 9.84 Å². The molecular formula is C12H15ClN2O3S. The average Bonchev–Trinajstić information content (AvgIpc) is 2.50. The van der Waals surface area contributed by atoms with Crippen LogP contribution in [0.25, 0.3) is 0 Å². The molecule has 1 aliphatic heterocycles. The lowest BCUT2D eigenvalue weighted by molar-refractivity contribution is 0.0769. The van der Waals surface area contributed by atoms with Crippen LogP contribution in [0, 0.1) is 0 Å². The van der Waals surface area contributed by atoms with Crippen LogP contribution in [-0.2, 0) is 9.84 Å². The Balaban J connectivity index is 2.25. The molecule has 104 valence electrons. The van der Waals surface area contributed by atoms with E-state index in [9.17, 15) is 13.2 Å². The standard InChI is InChI=1S/C12H15ClN2O3S/c13-9-3-1-4-10(14)11(9)12(16)15-5-2-7-19(17,18)8-6-15/h1,3-4H,2,5-8,14H2. The molecule has 0 bridgehead atoms. The summed E-state index contributed by atoms with van der Waals surface area (Å²) in [5.74, 6) is -0.196. The van der Waals surface area contributed by atoms with Gasteiger partial charge in [0.25, 0.3) is 5.91 Å². The summed E-state index contributed by atoms with van der Waals surface area (Å²) < 4.78 is 23.0. The molecule has 2 N–H and O–H groups in total. The molecule has 5 nitrogen and oxygen atoms in total. The molecule has 19 heavy (non-hydrogen) atoms. The van der Waals surface area contributed by atoms with E-state index >= 15 is 0 Å². The molecule has 0 spiro atoms. The van der Waals surface area contributed by atoms with Crippen LogP contribution < -0.4 is 5.73 Å². The highest BCUT2D eigenvalue weighted by molar-refractivity contribution is 7.91. The predicted octanol–water partition coefficient (Wildman–Crippen LogP) is 1.18. The van der Waals surface area contributed by atoms with Crippen LogP contribution in [0.2, 0.25) is 5.02 Å². The van der Waals surface area contributed by atoms with E-state index in [0.29, 0.717) is 18.7 Å². The highest BCUT2D eigenvalue weighted by Crippen LogP contribution is 2.24. The van der Waals surface area contributed by atoms with Gasteiger partial charge in [-0.25, -0.2) is 8.42 Å². The van der Waals surface area contributed by atoms with Crippen molar-refractivity contribution in [2.45, 2.75) is 6.42 Å². The molecule has 1 heterocycles. The fourth-order valence-electron chi connectivity index (χ4n) is 2.07. The van der Waals surface area contributed by atoms with Gasteiger partial charge in [0.05, 0.1) is 22.1 Å². The third kappa shape index (κ3) is 3.19. The summed E-state index contributed by atoms with van der Waals surface area (Å²) in [6, 6.07) is 4.87. The number of hydrogen-bond donors (Lipinski definition) is 1. The molecule has 0 aromatic heterocycles. The van der Waals surface area contributed by atoms with E-state index in [4.69, 9.17) is 17.3 Å². The first-order chi connectivity index (χ1) is 8.91. The van der Waals surface area contributed by atoms with E-state index in [1.54, 1.807) is 18.2 Å². The Hall–Kier alpha value is -1.27. The van der Waals surface area contributed by atoms with Gasteiger partial charge >= 0.3 is 0 Å². The van der Waals surface area contributed by atoms with Crippen LogP contribution in [0.1, 0.15) is 16.8 Å². The zero-order valence-electron chi connectivity index (χ0n) is 10.3. The second kappa shape index (κ2) is 5.38. The minimum atomic E-state index is -3.05. The maximum Gasteiger partial charge on any atom is 0.257 e. The molecule has 0 saturated carbocycles. The van der Waals surface area contributed by atoms with Gasteiger partial charge in [0, 0.05) is 18.8 Å². The zero-order chi connectivity index (χ0) is 14.0. The van der Waals surface area contributed by atoms with Gasteiger partial charge in [-0.15, -0.1) is 0 Å². The number of rotatable bonds is 1. The first-order valence-electron chi connectivity index (χ1n) is 5.94. The van der Waals surface area contributed by atoms with Crippen LogP contribution in [0.3, 0.4) is 0 Å². The Morgan fingerprint density at radius 3 is 2.68 bits per heavy atom. The number of benzene rings is 1. The van der Waals surface area contributed by atoms with Gasteiger partial charge in [-0.2, -0.15) is 0 Å². The Labute approximate surface area is 117 Å². The SMILES string of the molecule is Nc1cccc(Cl)c1C(=O)N1CCCS(=O)(=O)CC1. The summed E-state index contributed by atoms with van der Waals surface area (Å²) in [5.41, 5.74) is 6.33. The molecule has 1 fully saturated rings. The number of hydrogen-bond acceptors (Lipinski definition) is 4. The molecule has 7 heteroatoms. The van der Waals surface area contributed by atoms with E-state index in [-0.39, 0.29) is 34.5 Å². The molecule has 1 amide bonds. The lowest BCUT2D eigenvalue weighted by Gasteiger charge is -2.21. The minimum absolute atomic E-state index is 0.0108. The van der Waals surface area contributed by atoms with Crippen molar-refractivity contribution >= 4 is 33.0 Å². The molecule has 0 unspecified atom stereocenters. The predicted molar refractivity (Wildman–Crippen MR) is 75.0 cm³/mol. The summed E-state index contributed by atoms with van der Waals surface area (Å²) in [6.07, 6.45) is 0.443. The molecule has 0 atom stereocenters. The summed E-state index contributed by atoms with van der Waals surface area (Å²) in [6.45, 7) is 0.592. The summed E-state index contributed by atoms with van der Waals surface area (Å²) in [5, 5.41) is 0.289. The Kier molecular flexibility index (Phi) is 4.01. The number of sulfone groups is 1. The molecule has 0 aliphatic carbocycles. The second-order valence-electron chi connectivity index (χ2n) is 4.50. The smallest absolute Gasteiger partial charge is 0.257 e. The molecular weight excluding hydrogens is 288 g/mol. The number of nitrogens with zero attached hydrogens (tertiary/aromatic N) is 1. The minimum Gasteiger partial charge on any atom is -0.398 e. The van der Waals surface area contributed by atoms with Crippen LogP contribution >= 0.6 is 11.6 Å². The molecule has 1 aromatic carbocycles. The number of carbonyl (C=O) groups excluding carboxylic acids is 1. The van der Waals surface area contributed by atoms with E-state index in [1.807, 2.05) is 0 Å². The van der Waals surface area contributed by atoms with Crippen molar-refractivity contribution in [1.82, 2.24) is 4.90 Å². The highest BCUT2D eigenvalue weighted by atomic mass is 35.5. The third-order valence-corrected chi connectivity index (χ3v) is 5.13. The number of amides is 1. The summed E-state index contributed by atoms with van der Waals surface area (Å²) in [4.78, 5) is 13.9. The maximum atomic E-state index is 12.4. The number of nitrogens with two attached hydrogens (primary N) is 1. The van der Waals surface area contributed by atoms with Crippen LogP contribution in [0.5, 0.6) is 0 Å². The van der Waals surface area contributed by atoms with Crippen molar-refractivity contribution in [3.05, 3.63) is 28.8 Å². The van der Waals surface area contributed by atoms with Crippen molar-refractivity contribution in [3.63, 3.8) is 0 Å².